The van der Waals surface area contributed by atoms with Crippen molar-refractivity contribution in [1.29, 1.82) is 0 Å². The number of carbonyl (C=O) groups is 3. The molecule has 0 aromatic heterocycles. The quantitative estimate of drug-likeness (QED) is 0.780. The van der Waals surface area contributed by atoms with Gasteiger partial charge in [0.05, 0.1) is 5.92 Å². The second kappa shape index (κ2) is 6.58. The van der Waals surface area contributed by atoms with Crippen LogP contribution in [0.1, 0.15) is 27.2 Å². The molecule has 2 unspecified atom stereocenters. The van der Waals surface area contributed by atoms with Crippen molar-refractivity contribution in [3.05, 3.63) is 0 Å². The highest BCUT2D eigenvalue weighted by atomic mass is 16.4. The Hall–Kier alpha value is -1.79. The Balaban J connectivity index is 2.57. The molecule has 0 aromatic carbocycles. The summed E-state index contributed by atoms with van der Waals surface area (Å²) in [5, 5.41) is 11.8. The Labute approximate surface area is 118 Å². The van der Waals surface area contributed by atoms with Crippen LogP contribution >= 0.6 is 0 Å². The number of carboxylic acid groups (broad SMARTS) is 1. The van der Waals surface area contributed by atoms with Crippen LogP contribution in [-0.2, 0) is 9.59 Å². The Morgan fingerprint density at radius 1 is 1.40 bits per heavy atom. The van der Waals surface area contributed by atoms with E-state index in [4.69, 9.17) is 5.11 Å². The van der Waals surface area contributed by atoms with E-state index in [1.54, 1.807) is 14.0 Å². The molecule has 2 N–H and O–H groups in total. The minimum Gasteiger partial charge on any atom is -0.481 e. The number of likely N-dealkylation sites (tertiary alicyclic amines) is 1. The van der Waals surface area contributed by atoms with Crippen molar-refractivity contribution in [1.82, 2.24) is 15.1 Å². The first-order valence-electron chi connectivity index (χ1n) is 6.78. The first kappa shape index (κ1) is 16.3. The maximum absolute atomic E-state index is 12.2. The topological polar surface area (TPSA) is 90.0 Å². The number of carboxylic acids is 1. The summed E-state index contributed by atoms with van der Waals surface area (Å²) in [5.74, 6) is -1.64. The monoisotopic (exact) mass is 285 g/mol. The Kier molecular flexibility index (Phi) is 5.35. The highest BCUT2D eigenvalue weighted by Crippen LogP contribution is 2.25. The number of amides is 3. The van der Waals surface area contributed by atoms with Crippen molar-refractivity contribution in [2.75, 3.05) is 20.1 Å². The van der Waals surface area contributed by atoms with Gasteiger partial charge >= 0.3 is 12.0 Å². The van der Waals surface area contributed by atoms with E-state index < -0.39 is 11.9 Å². The molecular formula is C13H23N3O4. The Morgan fingerprint density at radius 3 is 2.45 bits per heavy atom. The van der Waals surface area contributed by atoms with Gasteiger partial charge in [0.1, 0.15) is 6.54 Å². The molecule has 1 aliphatic heterocycles. The molecule has 0 radical (unpaired) electrons. The molecule has 2 atom stereocenters. The minimum absolute atomic E-state index is 0.0214. The first-order valence-corrected chi connectivity index (χ1v) is 6.78. The molecule has 0 spiro atoms. The predicted molar refractivity (Wildman–Crippen MR) is 73.2 cm³/mol. The molecule has 0 aromatic rings. The number of hydrogen-bond acceptors (Lipinski definition) is 3. The fraction of sp³-hybridized carbons (Fsp3) is 0.769. The van der Waals surface area contributed by atoms with Crippen LogP contribution in [0.15, 0.2) is 0 Å². The van der Waals surface area contributed by atoms with Crippen molar-refractivity contribution in [2.45, 2.75) is 39.3 Å². The Morgan fingerprint density at radius 2 is 2.00 bits per heavy atom. The van der Waals surface area contributed by atoms with E-state index in [-0.39, 0.29) is 30.6 Å². The molecule has 1 heterocycles. The third-order valence-corrected chi connectivity index (χ3v) is 3.47. The summed E-state index contributed by atoms with van der Waals surface area (Å²) >= 11 is 0. The van der Waals surface area contributed by atoms with E-state index in [1.165, 1.54) is 9.80 Å². The molecular weight excluding hydrogens is 262 g/mol. The molecule has 114 valence electrons. The summed E-state index contributed by atoms with van der Waals surface area (Å²) in [4.78, 5) is 37.7. The zero-order chi connectivity index (χ0) is 15.4. The third kappa shape index (κ3) is 3.85. The second-order valence-corrected chi connectivity index (χ2v) is 5.53. The molecule has 0 saturated carbocycles. The smallest absolute Gasteiger partial charge is 0.320 e. The number of urea groups is 1. The molecule has 0 bridgehead atoms. The highest BCUT2D eigenvalue weighted by Gasteiger charge is 2.39. The number of likely N-dealkylation sites (N-methyl/N-ethyl adjacent to an activating group) is 1. The molecule has 7 nitrogen and oxygen atoms in total. The number of rotatable bonds is 4. The molecule has 1 fully saturated rings. The highest BCUT2D eigenvalue weighted by molar-refractivity contribution is 5.84. The van der Waals surface area contributed by atoms with E-state index in [9.17, 15) is 14.4 Å². The molecule has 1 saturated heterocycles. The van der Waals surface area contributed by atoms with Gasteiger partial charge in [0, 0.05) is 25.7 Å². The summed E-state index contributed by atoms with van der Waals surface area (Å²) in [6, 6.07) is -0.635. The summed E-state index contributed by atoms with van der Waals surface area (Å²) < 4.78 is 0. The van der Waals surface area contributed by atoms with Gasteiger partial charge in [-0.25, -0.2) is 4.79 Å². The number of carbonyl (C=O) groups excluding carboxylic acids is 2. The van der Waals surface area contributed by atoms with Crippen LogP contribution in [0.3, 0.4) is 0 Å². The van der Waals surface area contributed by atoms with Crippen LogP contribution in [0.2, 0.25) is 0 Å². The van der Waals surface area contributed by atoms with Gasteiger partial charge < -0.3 is 20.2 Å². The van der Waals surface area contributed by atoms with E-state index in [0.717, 1.165) is 0 Å². The predicted octanol–water partition coefficient (Wildman–Crippen LogP) is 0.358. The second-order valence-electron chi connectivity index (χ2n) is 5.53. The number of hydrogen-bond donors (Lipinski definition) is 2. The molecule has 0 aliphatic carbocycles. The van der Waals surface area contributed by atoms with Crippen LogP contribution < -0.4 is 5.32 Å². The van der Waals surface area contributed by atoms with E-state index in [2.05, 4.69) is 5.32 Å². The van der Waals surface area contributed by atoms with Gasteiger partial charge in [-0.2, -0.15) is 0 Å². The standard InChI is InChI=1S/C13H23N3O4/c1-8(2)14-11(17)7-15(4)13(20)16-6-5-10(9(16)3)12(18)19/h8-10H,5-7H2,1-4H3,(H,14,17)(H,18,19). The van der Waals surface area contributed by atoms with Gasteiger partial charge in [0.2, 0.25) is 5.91 Å². The van der Waals surface area contributed by atoms with Crippen molar-refractivity contribution >= 4 is 17.9 Å². The molecule has 20 heavy (non-hydrogen) atoms. The zero-order valence-electron chi connectivity index (χ0n) is 12.4. The van der Waals surface area contributed by atoms with Crippen LogP contribution in [0.25, 0.3) is 0 Å². The van der Waals surface area contributed by atoms with Crippen molar-refractivity contribution in [3.8, 4) is 0 Å². The third-order valence-electron chi connectivity index (χ3n) is 3.47. The van der Waals surface area contributed by atoms with Crippen LogP contribution in [0.5, 0.6) is 0 Å². The SMILES string of the molecule is CC(C)NC(=O)CN(C)C(=O)N1CCC(C(=O)O)C1C. The molecule has 7 heteroatoms. The summed E-state index contributed by atoms with van der Waals surface area (Å²) in [6.07, 6.45) is 0.453. The van der Waals surface area contributed by atoms with Gasteiger partial charge in [-0.15, -0.1) is 0 Å². The van der Waals surface area contributed by atoms with Gasteiger partial charge in [-0.05, 0) is 27.2 Å². The summed E-state index contributed by atoms with van der Waals surface area (Å²) in [5.41, 5.74) is 0. The van der Waals surface area contributed by atoms with E-state index >= 15 is 0 Å². The van der Waals surface area contributed by atoms with Crippen LogP contribution in [0, 0.1) is 5.92 Å². The van der Waals surface area contributed by atoms with Gasteiger partial charge in [-0.3, -0.25) is 9.59 Å². The van der Waals surface area contributed by atoms with Crippen LogP contribution in [0.4, 0.5) is 4.79 Å². The first-order chi connectivity index (χ1) is 9.23. The largest absolute Gasteiger partial charge is 0.481 e. The van der Waals surface area contributed by atoms with Crippen LogP contribution in [-0.4, -0.2) is 65.0 Å². The lowest BCUT2D eigenvalue weighted by molar-refractivity contribution is -0.142. The van der Waals surface area contributed by atoms with E-state index in [0.29, 0.717) is 13.0 Å². The number of nitrogens with zero attached hydrogens (tertiary/aromatic N) is 2. The van der Waals surface area contributed by atoms with Crippen molar-refractivity contribution in [2.24, 2.45) is 5.92 Å². The van der Waals surface area contributed by atoms with Crippen molar-refractivity contribution < 1.29 is 19.5 Å². The number of nitrogens with one attached hydrogen (secondary N) is 1. The lowest BCUT2D eigenvalue weighted by atomic mass is 10.0. The van der Waals surface area contributed by atoms with Gasteiger partial charge in [0.25, 0.3) is 0 Å². The average Bonchev–Trinajstić information content (AvgIpc) is 2.68. The Bertz CT molecular complexity index is 397. The molecule has 1 aliphatic rings. The van der Waals surface area contributed by atoms with Gasteiger partial charge in [0.15, 0.2) is 0 Å². The minimum atomic E-state index is -0.881. The lowest BCUT2D eigenvalue weighted by Crippen LogP contribution is -2.48. The maximum atomic E-state index is 12.2. The summed E-state index contributed by atoms with van der Waals surface area (Å²) in [7, 11) is 1.54. The van der Waals surface area contributed by atoms with Crippen molar-refractivity contribution in [3.63, 3.8) is 0 Å². The fourth-order valence-corrected chi connectivity index (χ4v) is 2.41. The van der Waals surface area contributed by atoms with E-state index in [1.807, 2.05) is 13.8 Å². The summed E-state index contributed by atoms with van der Waals surface area (Å²) in [6.45, 7) is 5.80. The number of aliphatic carboxylic acids is 1. The zero-order valence-corrected chi connectivity index (χ0v) is 12.4. The van der Waals surface area contributed by atoms with Gasteiger partial charge in [-0.1, -0.05) is 0 Å². The normalized spacial score (nSPS) is 21.9. The molecule has 3 amide bonds. The molecule has 1 rings (SSSR count). The lowest BCUT2D eigenvalue weighted by Gasteiger charge is -2.28. The average molecular weight is 285 g/mol. The fourth-order valence-electron chi connectivity index (χ4n) is 2.41. The maximum Gasteiger partial charge on any atom is 0.320 e.